The summed E-state index contributed by atoms with van der Waals surface area (Å²) in [6.07, 6.45) is 0.870. The van der Waals surface area contributed by atoms with Crippen molar-refractivity contribution in [2.24, 2.45) is 0 Å². The highest BCUT2D eigenvalue weighted by Gasteiger charge is 2.26. The molecule has 1 fully saturated rings. The molecule has 1 aromatic heterocycles. The second kappa shape index (κ2) is 7.46. The molecule has 2 aromatic carbocycles. The van der Waals surface area contributed by atoms with Gasteiger partial charge in [-0.25, -0.2) is 4.39 Å². The van der Waals surface area contributed by atoms with E-state index in [4.69, 9.17) is 0 Å². The van der Waals surface area contributed by atoms with Gasteiger partial charge < -0.3 is 10.2 Å². The number of hydrogen-bond acceptors (Lipinski definition) is 3. The number of nitrogens with one attached hydrogen (secondary N) is 2. The monoisotopic (exact) mass is 378 g/mol. The normalized spacial score (nSPS) is 16.4. The molecular formula is C22H23FN4O. The topological polar surface area (TPSA) is 61.0 Å². The Morgan fingerprint density at radius 1 is 1.18 bits per heavy atom. The van der Waals surface area contributed by atoms with E-state index in [-0.39, 0.29) is 17.8 Å². The minimum atomic E-state index is -0.259. The number of carbonyl (C=O) groups excluding carboxylic acids is 1. The molecule has 1 aliphatic rings. The van der Waals surface area contributed by atoms with Crippen molar-refractivity contribution in [3.8, 4) is 11.3 Å². The second-order valence-corrected chi connectivity index (χ2v) is 7.37. The van der Waals surface area contributed by atoms with E-state index in [1.165, 1.54) is 12.1 Å². The minimum absolute atomic E-state index is 0.0259. The van der Waals surface area contributed by atoms with Crippen molar-refractivity contribution in [2.45, 2.75) is 26.3 Å². The average molecular weight is 378 g/mol. The predicted octanol–water partition coefficient (Wildman–Crippen LogP) is 3.84. The first kappa shape index (κ1) is 18.2. The molecule has 1 amide bonds. The van der Waals surface area contributed by atoms with Crippen molar-refractivity contribution in [3.63, 3.8) is 0 Å². The molecule has 6 heteroatoms. The molecule has 1 atom stereocenters. The highest BCUT2D eigenvalue weighted by Crippen LogP contribution is 2.25. The molecule has 28 heavy (non-hydrogen) atoms. The summed E-state index contributed by atoms with van der Waals surface area (Å²) in [5.41, 5.74) is 4.52. The van der Waals surface area contributed by atoms with Crippen LogP contribution >= 0.6 is 0 Å². The van der Waals surface area contributed by atoms with Gasteiger partial charge in [-0.15, -0.1) is 0 Å². The Morgan fingerprint density at radius 3 is 2.75 bits per heavy atom. The van der Waals surface area contributed by atoms with Gasteiger partial charge in [0.25, 0.3) is 5.91 Å². The van der Waals surface area contributed by atoms with E-state index < -0.39 is 0 Å². The number of aromatic amines is 1. The summed E-state index contributed by atoms with van der Waals surface area (Å²) in [6.45, 7) is 5.48. The maximum absolute atomic E-state index is 13.1. The number of benzene rings is 2. The van der Waals surface area contributed by atoms with Crippen molar-refractivity contribution < 1.29 is 9.18 Å². The highest BCUT2D eigenvalue weighted by molar-refractivity contribution is 5.96. The van der Waals surface area contributed by atoms with Crippen molar-refractivity contribution in [1.82, 2.24) is 15.5 Å². The van der Waals surface area contributed by atoms with Gasteiger partial charge in [0, 0.05) is 30.8 Å². The molecule has 5 nitrogen and oxygen atoms in total. The molecule has 0 spiro atoms. The van der Waals surface area contributed by atoms with Crippen LogP contribution in [0.15, 0.2) is 48.5 Å². The molecule has 0 aliphatic carbocycles. The standard InChI is InChI=1S/C22H23FN4O/c1-14-3-4-15(2)19(11-14)22(28)24-18-9-10-27(13-18)21-12-20(25-26-21)16-5-7-17(23)8-6-16/h3-8,11-12,18H,9-10,13H2,1-2H3,(H,24,28)(H,25,26). The SMILES string of the molecule is Cc1ccc(C)c(C(=O)NC2CCN(c3cc(-c4ccc(F)cc4)[nH]n3)C2)c1. The zero-order valence-electron chi connectivity index (χ0n) is 16.0. The summed E-state index contributed by atoms with van der Waals surface area (Å²) < 4.78 is 13.1. The summed E-state index contributed by atoms with van der Waals surface area (Å²) in [5, 5.41) is 10.5. The van der Waals surface area contributed by atoms with Crippen LogP contribution in [0, 0.1) is 19.7 Å². The summed E-state index contributed by atoms with van der Waals surface area (Å²) in [5.74, 6) is 0.551. The van der Waals surface area contributed by atoms with E-state index in [0.29, 0.717) is 6.54 Å². The van der Waals surface area contributed by atoms with E-state index in [1.807, 2.05) is 38.1 Å². The van der Waals surface area contributed by atoms with Crippen LogP contribution in [-0.4, -0.2) is 35.2 Å². The van der Waals surface area contributed by atoms with Crippen LogP contribution in [-0.2, 0) is 0 Å². The fourth-order valence-corrected chi connectivity index (χ4v) is 3.58. The number of carbonyl (C=O) groups is 1. The Hall–Kier alpha value is -3.15. The predicted molar refractivity (Wildman–Crippen MR) is 108 cm³/mol. The van der Waals surface area contributed by atoms with Gasteiger partial charge >= 0.3 is 0 Å². The Balaban J connectivity index is 1.41. The lowest BCUT2D eigenvalue weighted by Crippen LogP contribution is -2.37. The van der Waals surface area contributed by atoms with Gasteiger partial charge in [-0.2, -0.15) is 5.10 Å². The number of aromatic nitrogens is 2. The summed E-state index contributed by atoms with van der Waals surface area (Å²) in [4.78, 5) is 14.8. The van der Waals surface area contributed by atoms with Crippen LogP contribution in [0.1, 0.15) is 27.9 Å². The molecule has 3 aromatic rings. The number of hydrogen-bond donors (Lipinski definition) is 2. The first-order valence-corrected chi connectivity index (χ1v) is 9.44. The zero-order valence-corrected chi connectivity index (χ0v) is 16.0. The molecule has 2 N–H and O–H groups in total. The van der Waals surface area contributed by atoms with E-state index in [2.05, 4.69) is 20.4 Å². The third kappa shape index (κ3) is 3.76. The van der Waals surface area contributed by atoms with Crippen molar-refractivity contribution in [3.05, 3.63) is 71.0 Å². The number of rotatable bonds is 4. The van der Waals surface area contributed by atoms with Gasteiger partial charge in [0.2, 0.25) is 0 Å². The Labute approximate surface area is 163 Å². The van der Waals surface area contributed by atoms with Gasteiger partial charge in [0.15, 0.2) is 5.82 Å². The molecule has 0 bridgehead atoms. The van der Waals surface area contributed by atoms with Crippen LogP contribution < -0.4 is 10.2 Å². The zero-order chi connectivity index (χ0) is 19.7. The Kier molecular flexibility index (Phi) is 4.86. The molecule has 1 unspecified atom stereocenters. The molecule has 144 valence electrons. The van der Waals surface area contributed by atoms with Crippen LogP contribution in [0.4, 0.5) is 10.2 Å². The third-order valence-electron chi connectivity index (χ3n) is 5.20. The second-order valence-electron chi connectivity index (χ2n) is 7.37. The smallest absolute Gasteiger partial charge is 0.251 e. The molecule has 1 aliphatic heterocycles. The van der Waals surface area contributed by atoms with Crippen molar-refractivity contribution in [1.29, 1.82) is 0 Å². The fraction of sp³-hybridized carbons (Fsp3) is 0.273. The molecule has 1 saturated heterocycles. The molecule has 4 rings (SSSR count). The number of nitrogens with zero attached hydrogens (tertiary/aromatic N) is 2. The maximum atomic E-state index is 13.1. The van der Waals surface area contributed by atoms with E-state index in [9.17, 15) is 9.18 Å². The number of aryl methyl sites for hydroxylation is 2. The average Bonchev–Trinajstić information content (AvgIpc) is 3.34. The molecule has 0 saturated carbocycles. The van der Waals surface area contributed by atoms with Crippen molar-refractivity contribution in [2.75, 3.05) is 18.0 Å². The van der Waals surface area contributed by atoms with Gasteiger partial charge in [0.1, 0.15) is 5.82 Å². The van der Waals surface area contributed by atoms with Gasteiger partial charge in [-0.05, 0) is 61.7 Å². The molecule has 0 radical (unpaired) electrons. The number of H-pyrrole nitrogens is 1. The lowest BCUT2D eigenvalue weighted by Gasteiger charge is -2.16. The van der Waals surface area contributed by atoms with E-state index >= 15 is 0 Å². The summed E-state index contributed by atoms with van der Waals surface area (Å²) in [6, 6.07) is 14.3. The Bertz CT molecular complexity index is 996. The highest BCUT2D eigenvalue weighted by atomic mass is 19.1. The lowest BCUT2D eigenvalue weighted by molar-refractivity contribution is 0.0939. The summed E-state index contributed by atoms with van der Waals surface area (Å²) >= 11 is 0. The number of halogens is 1. The summed E-state index contributed by atoms with van der Waals surface area (Å²) in [7, 11) is 0. The van der Waals surface area contributed by atoms with Crippen molar-refractivity contribution >= 4 is 11.7 Å². The largest absolute Gasteiger partial charge is 0.353 e. The third-order valence-corrected chi connectivity index (χ3v) is 5.20. The van der Waals surface area contributed by atoms with Crippen LogP contribution in [0.2, 0.25) is 0 Å². The lowest BCUT2D eigenvalue weighted by atomic mass is 10.0. The first-order chi connectivity index (χ1) is 13.5. The van der Waals surface area contributed by atoms with Gasteiger partial charge in [-0.1, -0.05) is 17.7 Å². The van der Waals surface area contributed by atoms with Crippen LogP contribution in [0.5, 0.6) is 0 Å². The Morgan fingerprint density at radius 2 is 1.96 bits per heavy atom. The van der Waals surface area contributed by atoms with Crippen LogP contribution in [0.3, 0.4) is 0 Å². The van der Waals surface area contributed by atoms with Gasteiger partial charge in [-0.3, -0.25) is 9.89 Å². The first-order valence-electron chi connectivity index (χ1n) is 9.44. The number of anilines is 1. The number of amides is 1. The van der Waals surface area contributed by atoms with Gasteiger partial charge in [0.05, 0.1) is 5.69 Å². The molecule has 2 heterocycles. The quantitative estimate of drug-likeness (QED) is 0.725. The molecular weight excluding hydrogens is 355 g/mol. The maximum Gasteiger partial charge on any atom is 0.251 e. The fourth-order valence-electron chi connectivity index (χ4n) is 3.58. The van der Waals surface area contributed by atoms with E-state index in [0.717, 1.165) is 46.7 Å². The van der Waals surface area contributed by atoms with E-state index in [1.54, 1.807) is 12.1 Å². The minimum Gasteiger partial charge on any atom is -0.353 e. The van der Waals surface area contributed by atoms with Crippen LogP contribution in [0.25, 0.3) is 11.3 Å².